The smallest absolute Gasteiger partial charge is 0.373 e. The molecule has 5 rings (SSSR count). The van der Waals surface area contributed by atoms with Gasteiger partial charge in [0, 0.05) is 48.6 Å². The molecule has 0 saturated carbocycles. The van der Waals surface area contributed by atoms with E-state index in [4.69, 9.17) is 24.4 Å². The van der Waals surface area contributed by atoms with Crippen molar-refractivity contribution in [3.05, 3.63) is 78.4 Å². The molecule has 0 radical (unpaired) electrons. The van der Waals surface area contributed by atoms with Gasteiger partial charge in [-0.1, -0.05) is 49.0 Å². The highest BCUT2D eigenvalue weighted by molar-refractivity contribution is 6.08. The number of likely N-dealkylation sites (tertiary alicyclic amines) is 1. The number of aliphatic carboxylic acids is 1. The zero-order valence-electron chi connectivity index (χ0n) is 23.3. The van der Waals surface area contributed by atoms with Gasteiger partial charge >= 0.3 is 12.1 Å². The van der Waals surface area contributed by atoms with E-state index in [0.29, 0.717) is 6.42 Å². The van der Waals surface area contributed by atoms with Gasteiger partial charge in [-0.15, -0.1) is 0 Å². The van der Waals surface area contributed by atoms with E-state index in [9.17, 15) is 9.59 Å². The van der Waals surface area contributed by atoms with E-state index in [1.165, 1.54) is 31.5 Å². The van der Waals surface area contributed by atoms with Gasteiger partial charge in [-0.25, -0.2) is 9.78 Å². The SMILES string of the molecule is C=CC(=O)O.O=C(CCCN1CCCC1)c1cc(-c2ccc(CN3CCOCC3)cc2)nc2ccccc12.O=C=O. The molecule has 2 aliphatic heterocycles. The summed E-state index contributed by atoms with van der Waals surface area (Å²) in [5.41, 5.74) is 4.90. The number of benzene rings is 2. The van der Waals surface area contributed by atoms with Crippen LogP contribution < -0.4 is 0 Å². The first-order valence-corrected chi connectivity index (χ1v) is 13.8. The molecule has 1 N–H and O–H groups in total. The number of morpholine rings is 1. The van der Waals surface area contributed by atoms with Crippen molar-refractivity contribution in [3.8, 4) is 11.3 Å². The maximum atomic E-state index is 13.2. The molecule has 2 saturated heterocycles. The van der Waals surface area contributed by atoms with Crippen LogP contribution in [0.5, 0.6) is 0 Å². The highest BCUT2D eigenvalue weighted by Crippen LogP contribution is 2.27. The van der Waals surface area contributed by atoms with Crippen molar-refractivity contribution < 1.29 is 29.0 Å². The Labute approximate surface area is 240 Å². The Hall–Kier alpha value is -4.01. The van der Waals surface area contributed by atoms with Crippen molar-refractivity contribution in [3.63, 3.8) is 0 Å². The predicted octanol–water partition coefficient (Wildman–Crippen LogP) is 4.47. The number of hydrogen-bond donors (Lipinski definition) is 1. The van der Waals surface area contributed by atoms with Crippen molar-refractivity contribution in [1.82, 2.24) is 14.8 Å². The predicted molar refractivity (Wildman–Crippen MR) is 155 cm³/mol. The number of pyridine rings is 1. The highest BCUT2D eigenvalue weighted by Gasteiger charge is 2.16. The Morgan fingerprint density at radius 2 is 1.61 bits per heavy atom. The summed E-state index contributed by atoms with van der Waals surface area (Å²) in [5.74, 6) is -0.761. The number of ketones is 1. The van der Waals surface area contributed by atoms with E-state index >= 15 is 0 Å². The molecule has 0 bridgehead atoms. The second-order valence-electron chi connectivity index (χ2n) is 9.86. The zero-order valence-corrected chi connectivity index (χ0v) is 23.3. The summed E-state index contributed by atoms with van der Waals surface area (Å²) >= 11 is 0. The second-order valence-corrected chi connectivity index (χ2v) is 9.86. The fraction of sp³-hybridized carbons (Fsp3) is 0.375. The van der Waals surface area contributed by atoms with Crippen molar-refractivity contribution in [2.75, 3.05) is 45.9 Å². The van der Waals surface area contributed by atoms with Gasteiger partial charge in [0.25, 0.3) is 0 Å². The quantitative estimate of drug-likeness (QED) is 0.299. The van der Waals surface area contributed by atoms with Gasteiger partial charge in [-0.2, -0.15) is 9.59 Å². The Morgan fingerprint density at radius 3 is 2.24 bits per heavy atom. The summed E-state index contributed by atoms with van der Waals surface area (Å²) in [6.07, 6.45) is 5.17. The molecule has 0 unspecified atom stereocenters. The van der Waals surface area contributed by atoms with Gasteiger partial charge in [0.1, 0.15) is 0 Å². The number of para-hydroxylation sites is 1. The van der Waals surface area contributed by atoms with Gasteiger partial charge in [0.2, 0.25) is 0 Å². The number of nitrogens with zero attached hydrogens (tertiary/aromatic N) is 3. The molecule has 0 amide bonds. The van der Waals surface area contributed by atoms with Crippen molar-refractivity contribution in [2.24, 2.45) is 0 Å². The number of carboxylic acid groups (broad SMARTS) is 1. The van der Waals surface area contributed by atoms with Crippen LogP contribution in [0.3, 0.4) is 0 Å². The van der Waals surface area contributed by atoms with Crippen LogP contribution in [-0.4, -0.2) is 83.7 Å². The molecular formula is C32H37N3O6. The number of carboxylic acids is 1. The molecule has 0 aliphatic carbocycles. The zero-order chi connectivity index (χ0) is 29.5. The van der Waals surface area contributed by atoms with E-state index in [1.807, 2.05) is 30.3 Å². The number of rotatable bonds is 9. The molecule has 216 valence electrons. The maximum absolute atomic E-state index is 13.2. The topological polar surface area (TPSA) is 117 Å². The third-order valence-corrected chi connectivity index (χ3v) is 7.03. The van der Waals surface area contributed by atoms with Gasteiger partial charge in [0.15, 0.2) is 5.78 Å². The molecule has 2 aromatic carbocycles. The summed E-state index contributed by atoms with van der Waals surface area (Å²) in [6, 6.07) is 18.6. The fourth-order valence-corrected chi connectivity index (χ4v) is 4.96. The Bertz CT molecular complexity index is 1320. The standard InChI is InChI=1S/C28H33N3O2.C3H4O2.CO2/c32-28(8-5-15-30-13-3-4-14-30)25-20-27(29-26-7-2-1-6-24(25)26)23-11-9-22(10-12-23)21-31-16-18-33-19-17-31;1-2-3(4)5;2-1-3/h1-2,6-7,9-12,20H,3-5,8,13-19,21H2;2H,1H2,(H,4,5);. The number of fused-ring (bicyclic) bond motifs is 1. The Morgan fingerprint density at radius 1 is 0.976 bits per heavy atom. The van der Waals surface area contributed by atoms with E-state index in [2.05, 4.69) is 40.6 Å². The third-order valence-electron chi connectivity index (χ3n) is 7.03. The van der Waals surface area contributed by atoms with Crippen molar-refractivity contribution in [1.29, 1.82) is 0 Å². The summed E-state index contributed by atoms with van der Waals surface area (Å²) in [6.45, 7) is 10.9. The first-order valence-electron chi connectivity index (χ1n) is 13.8. The van der Waals surface area contributed by atoms with Crippen LogP contribution in [0.4, 0.5) is 0 Å². The molecule has 41 heavy (non-hydrogen) atoms. The first-order chi connectivity index (χ1) is 19.9. The monoisotopic (exact) mass is 559 g/mol. The number of carbonyl (C=O) groups excluding carboxylic acids is 3. The molecule has 9 heteroatoms. The average molecular weight is 560 g/mol. The van der Waals surface area contributed by atoms with E-state index in [-0.39, 0.29) is 11.9 Å². The molecule has 3 heterocycles. The number of carbonyl (C=O) groups is 2. The van der Waals surface area contributed by atoms with Crippen LogP contribution in [0, 0.1) is 0 Å². The molecule has 0 spiro atoms. The number of hydrogen-bond acceptors (Lipinski definition) is 8. The minimum Gasteiger partial charge on any atom is -0.478 e. The molecule has 2 aliphatic rings. The van der Waals surface area contributed by atoms with Gasteiger partial charge in [0.05, 0.1) is 24.4 Å². The lowest BCUT2D eigenvalue weighted by molar-refractivity contribution is -0.191. The average Bonchev–Trinajstić information content (AvgIpc) is 3.52. The number of aromatic nitrogens is 1. The lowest BCUT2D eigenvalue weighted by atomic mass is 9.98. The number of ether oxygens (including phenoxy) is 1. The molecule has 0 atom stereocenters. The Kier molecular flexibility index (Phi) is 13.0. The summed E-state index contributed by atoms with van der Waals surface area (Å²) in [5, 5.41) is 8.56. The van der Waals surface area contributed by atoms with Crippen molar-refractivity contribution in [2.45, 2.75) is 32.2 Å². The first kappa shape index (κ1) is 31.5. The molecule has 1 aromatic heterocycles. The van der Waals surface area contributed by atoms with Gasteiger partial charge in [-0.05, 0) is 56.6 Å². The van der Waals surface area contributed by atoms with Crippen LogP contribution in [0.1, 0.15) is 41.6 Å². The summed E-state index contributed by atoms with van der Waals surface area (Å²) in [4.78, 5) is 48.5. The summed E-state index contributed by atoms with van der Waals surface area (Å²) in [7, 11) is 0. The third kappa shape index (κ3) is 10.2. The normalized spacial score (nSPS) is 15.1. The molecule has 2 fully saturated rings. The molecule has 3 aromatic rings. The fourth-order valence-electron chi connectivity index (χ4n) is 4.96. The van der Waals surface area contributed by atoms with Crippen LogP contribution in [0.25, 0.3) is 22.2 Å². The minimum atomic E-state index is -0.981. The lowest BCUT2D eigenvalue weighted by Gasteiger charge is -2.26. The largest absolute Gasteiger partial charge is 0.478 e. The van der Waals surface area contributed by atoms with E-state index in [1.54, 1.807) is 0 Å². The molecular weight excluding hydrogens is 522 g/mol. The second kappa shape index (κ2) is 16.9. The van der Waals surface area contributed by atoms with Crippen molar-refractivity contribution >= 4 is 28.8 Å². The maximum Gasteiger partial charge on any atom is 0.373 e. The van der Waals surface area contributed by atoms with Crippen LogP contribution >= 0.6 is 0 Å². The van der Waals surface area contributed by atoms with Gasteiger partial charge in [-0.3, -0.25) is 9.69 Å². The Balaban J connectivity index is 0.000000515. The van der Waals surface area contributed by atoms with E-state index in [0.717, 1.165) is 79.6 Å². The van der Waals surface area contributed by atoms with E-state index < -0.39 is 5.97 Å². The lowest BCUT2D eigenvalue weighted by Crippen LogP contribution is -2.35. The number of Topliss-reactive ketones (excluding diaryl/α,β-unsaturated/α-hetero) is 1. The van der Waals surface area contributed by atoms with Gasteiger partial charge < -0.3 is 14.7 Å². The van der Waals surface area contributed by atoms with Crippen LogP contribution in [-0.2, 0) is 25.7 Å². The summed E-state index contributed by atoms with van der Waals surface area (Å²) < 4.78 is 5.45. The van der Waals surface area contributed by atoms with Crippen LogP contribution in [0.2, 0.25) is 0 Å². The minimum absolute atomic E-state index is 0.220. The van der Waals surface area contributed by atoms with Crippen LogP contribution in [0.15, 0.2) is 67.3 Å². The highest BCUT2D eigenvalue weighted by atomic mass is 16.5. The molecule has 9 nitrogen and oxygen atoms in total.